The Morgan fingerprint density at radius 3 is 2.11 bits per heavy atom. The SMILES string of the molecule is C[C@H](CN1CCN(Cc2ccccc2)CC1)N(C(=O)c1ccc(C(C)(C)C)cc1)c1ccccn1. The van der Waals surface area contributed by atoms with Crippen LogP contribution in [0.5, 0.6) is 0 Å². The molecule has 3 aromatic rings. The van der Waals surface area contributed by atoms with Gasteiger partial charge in [-0.2, -0.15) is 0 Å². The van der Waals surface area contributed by atoms with E-state index in [4.69, 9.17) is 0 Å². The molecule has 1 aliphatic heterocycles. The fraction of sp³-hybridized carbons (Fsp3) is 0.400. The van der Waals surface area contributed by atoms with Crippen LogP contribution in [0.15, 0.2) is 79.0 Å². The van der Waals surface area contributed by atoms with Crippen molar-refractivity contribution in [3.8, 4) is 0 Å². The predicted molar refractivity (Wildman–Crippen MR) is 144 cm³/mol. The molecule has 1 aliphatic rings. The van der Waals surface area contributed by atoms with Crippen LogP contribution in [0, 0.1) is 0 Å². The average Bonchev–Trinajstić information content (AvgIpc) is 2.86. The number of aromatic nitrogens is 1. The Kier molecular flexibility index (Phi) is 7.99. The molecule has 0 unspecified atom stereocenters. The molecule has 0 radical (unpaired) electrons. The van der Waals surface area contributed by atoms with Gasteiger partial charge in [-0.3, -0.25) is 19.5 Å². The summed E-state index contributed by atoms with van der Waals surface area (Å²) >= 11 is 0. The van der Waals surface area contributed by atoms with E-state index in [1.807, 2.05) is 35.2 Å². The number of anilines is 1. The van der Waals surface area contributed by atoms with Crippen molar-refractivity contribution in [3.05, 3.63) is 95.7 Å². The highest BCUT2D eigenvalue weighted by Gasteiger charge is 2.27. The number of carbonyl (C=O) groups excluding carboxylic acids is 1. The third-order valence-corrected chi connectivity index (χ3v) is 6.79. The lowest BCUT2D eigenvalue weighted by Crippen LogP contribution is -2.52. The zero-order chi connectivity index (χ0) is 24.8. The number of nitrogens with zero attached hydrogens (tertiary/aromatic N) is 4. The summed E-state index contributed by atoms with van der Waals surface area (Å²) in [6, 6.07) is 24.5. The maximum Gasteiger partial charge on any atom is 0.259 e. The van der Waals surface area contributed by atoms with Crippen LogP contribution in [0.3, 0.4) is 0 Å². The second-order valence-corrected chi connectivity index (χ2v) is 10.6. The largest absolute Gasteiger partial charge is 0.299 e. The molecule has 184 valence electrons. The molecule has 1 amide bonds. The van der Waals surface area contributed by atoms with Gasteiger partial charge in [0, 0.05) is 57.1 Å². The highest BCUT2D eigenvalue weighted by atomic mass is 16.2. The summed E-state index contributed by atoms with van der Waals surface area (Å²) in [7, 11) is 0. The molecule has 0 spiro atoms. The van der Waals surface area contributed by atoms with E-state index in [-0.39, 0.29) is 17.4 Å². The average molecular weight is 471 g/mol. The molecule has 1 fully saturated rings. The van der Waals surface area contributed by atoms with Crippen LogP contribution >= 0.6 is 0 Å². The maximum atomic E-state index is 13.7. The monoisotopic (exact) mass is 470 g/mol. The van der Waals surface area contributed by atoms with Crippen molar-refractivity contribution in [1.29, 1.82) is 0 Å². The number of hydrogen-bond donors (Lipinski definition) is 0. The molecule has 0 bridgehead atoms. The lowest BCUT2D eigenvalue weighted by atomic mass is 9.86. The minimum Gasteiger partial charge on any atom is -0.299 e. The lowest BCUT2D eigenvalue weighted by Gasteiger charge is -2.38. The van der Waals surface area contributed by atoms with E-state index < -0.39 is 0 Å². The van der Waals surface area contributed by atoms with Crippen molar-refractivity contribution in [2.24, 2.45) is 0 Å². The van der Waals surface area contributed by atoms with Crippen molar-refractivity contribution in [2.75, 3.05) is 37.6 Å². The fourth-order valence-electron chi connectivity index (χ4n) is 4.71. The first-order valence-electron chi connectivity index (χ1n) is 12.6. The number of hydrogen-bond acceptors (Lipinski definition) is 4. The molecule has 0 saturated carbocycles. The first-order valence-corrected chi connectivity index (χ1v) is 12.6. The fourth-order valence-corrected chi connectivity index (χ4v) is 4.71. The Balaban J connectivity index is 1.43. The summed E-state index contributed by atoms with van der Waals surface area (Å²) in [6.07, 6.45) is 1.76. The topological polar surface area (TPSA) is 39.7 Å². The molecule has 0 aliphatic carbocycles. The van der Waals surface area contributed by atoms with Crippen LogP contribution < -0.4 is 4.90 Å². The first kappa shape index (κ1) is 25.1. The van der Waals surface area contributed by atoms with Crippen molar-refractivity contribution in [2.45, 2.75) is 45.7 Å². The summed E-state index contributed by atoms with van der Waals surface area (Å²) in [5.41, 5.74) is 3.33. The lowest BCUT2D eigenvalue weighted by molar-refractivity contribution is 0.0949. The van der Waals surface area contributed by atoms with Gasteiger partial charge in [0.15, 0.2) is 0 Å². The molecule has 5 heteroatoms. The number of amides is 1. The summed E-state index contributed by atoms with van der Waals surface area (Å²) in [5, 5.41) is 0. The van der Waals surface area contributed by atoms with Gasteiger partial charge in [-0.1, -0.05) is 69.3 Å². The number of pyridine rings is 1. The third-order valence-electron chi connectivity index (χ3n) is 6.79. The summed E-state index contributed by atoms with van der Waals surface area (Å²) in [6.45, 7) is 14.6. The van der Waals surface area contributed by atoms with E-state index in [9.17, 15) is 4.79 Å². The Morgan fingerprint density at radius 1 is 0.886 bits per heavy atom. The normalized spacial score (nSPS) is 16.1. The van der Waals surface area contributed by atoms with Crippen molar-refractivity contribution < 1.29 is 4.79 Å². The van der Waals surface area contributed by atoms with Crippen molar-refractivity contribution in [3.63, 3.8) is 0 Å². The molecule has 1 saturated heterocycles. The number of rotatable bonds is 7. The standard InChI is InChI=1S/C30H38N4O/c1-24(22-32-18-20-33(21-19-32)23-25-10-6-5-7-11-25)34(28-12-8-9-17-31-28)29(35)26-13-15-27(16-14-26)30(2,3)4/h5-17,24H,18-23H2,1-4H3/t24-/m1/s1. The van der Waals surface area contributed by atoms with Crippen molar-refractivity contribution in [1.82, 2.24) is 14.8 Å². The molecule has 5 nitrogen and oxygen atoms in total. The molecule has 2 aromatic carbocycles. The molecule has 1 aromatic heterocycles. The van der Waals surface area contributed by atoms with E-state index in [0.29, 0.717) is 11.4 Å². The molecule has 2 heterocycles. The van der Waals surface area contributed by atoms with Crippen LogP contribution in [0.1, 0.15) is 49.2 Å². The smallest absolute Gasteiger partial charge is 0.259 e. The minimum absolute atomic E-state index is 0.000339. The predicted octanol–water partition coefficient (Wildman–Crippen LogP) is 5.23. The first-order chi connectivity index (χ1) is 16.8. The number of benzene rings is 2. The highest BCUT2D eigenvalue weighted by molar-refractivity contribution is 6.06. The Labute approximate surface area is 210 Å². The van der Waals surface area contributed by atoms with Gasteiger partial charge in [-0.25, -0.2) is 4.98 Å². The van der Waals surface area contributed by atoms with Crippen molar-refractivity contribution >= 4 is 11.7 Å². The number of carbonyl (C=O) groups is 1. The Morgan fingerprint density at radius 2 is 1.51 bits per heavy atom. The molecule has 1 atom stereocenters. The molecule has 4 rings (SSSR count). The van der Waals surface area contributed by atoms with Crippen LogP contribution in [0.4, 0.5) is 5.82 Å². The highest BCUT2D eigenvalue weighted by Crippen LogP contribution is 2.24. The molecule has 0 N–H and O–H groups in total. The summed E-state index contributed by atoms with van der Waals surface area (Å²) in [5.74, 6) is 0.701. The zero-order valence-electron chi connectivity index (χ0n) is 21.5. The quantitative estimate of drug-likeness (QED) is 0.474. The second-order valence-electron chi connectivity index (χ2n) is 10.6. The van der Waals surface area contributed by atoms with Crippen LogP contribution in [0.2, 0.25) is 0 Å². The van der Waals surface area contributed by atoms with Gasteiger partial charge < -0.3 is 0 Å². The van der Waals surface area contributed by atoms with Gasteiger partial charge in [0.1, 0.15) is 5.82 Å². The molecule has 35 heavy (non-hydrogen) atoms. The zero-order valence-corrected chi connectivity index (χ0v) is 21.5. The van der Waals surface area contributed by atoms with Crippen LogP contribution in [0.25, 0.3) is 0 Å². The van der Waals surface area contributed by atoms with E-state index in [1.54, 1.807) is 6.20 Å². The molecular weight excluding hydrogens is 432 g/mol. The van der Waals surface area contributed by atoms with Gasteiger partial charge in [0.2, 0.25) is 0 Å². The van der Waals surface area contributed by atoms with Gasteiger partial charge >= 0.3 is 0 Å². The summed E-state index contributed by atoms with van der Waals surface area (Å²) in [4.78, 5) is 25.1. The van der Waals surface area contributed by atoms with E-state index in [0.717, 1.165) is 39.3 Å². The third kappa shape index (κ3) is 6.56. The van der Waals surface area contributed by atoms with E-state index in [1.165, 1.54) is 11.1 Å². The minimum atomic E-state index is -0.000581. The maximum absolute atomic E-state index is 13.7. The summed E-state index contributed by atoms with van der Waals surface area (Å²) < 4.78 is 0. The Hall–Kier alpha value is -3.02. The van der Waals surface area contributed by atoms with Crippen LogP contribution in [-0.4, -0.2) is 59.5 Å². The molecular formula is C30H38N4O. The van der Waals surface area contributed by atoms with Gasteiger partial charge in [0.25, 0.3) is 5.91 Å². The van der Waals surface area contributed by atoms with Crippen LogP contribution in [-0.2, 0) is 12.0 Å². The van der Waals surface area contributed by atoms with E-state index in [2.05, 4.69) is 84.9 Å². The van der Waals surface area contributed by atoms with Gasteiger partial charge in [-0.05, 0) is 47.7 Å². The van der Waals surface area contributed by atoms with Gasteiger partial charge in [0.05, 0.1) is 0 Å². The Bertz CT molecular complexity index is 1070. The second kappa shape index (κ2) is 11.1. The van der Waals surface area contributed by atoms with Gasteiger partial charge in [-0.15, -0.1) is 0 Å². The van der Waals surface area contributed by atoms with E-state index >= 15 is 0 Å². The number of piperazine rings is 1.